The lowest BCUT2D eigenvalue weighted by molar-refractivity contribution is -0.133. The highest BCUT2D eigenvalue weighted by atomic mass is 32.2. The summed E-state index contributed by atoms with van der Waals surface area (Å²) in [5.41, 5.74) is 0. The Morgan fingerprint density at radius 3 is 2.22 bits per heavy atom. The molecule has 0 spiro atoms. The summed E-state index contributed by atoms with van der Waals surface area (Å²) in [6, 6.07) is 0.737. The van der Waals surface area contributed by atoms with Gasteiger partial charge < -0.3 is 4.90 Å². The van der Waals surface area contributed by atoms with Gasteiger partial charge in [0.05, 0.1) is 12.8 Å². The van der Waals surface area contributed by atoms with Crippen molar-refractivity contribution >= 4 is 15.9 Å². The molecule has 18 heavy (non-hydrogen) atoms. The summed E-state index contributed by atoms with van der Waals surface area (Å²) < 4.78 is 23.6. The van der Waals surface area contributed by atoms with Crippen LogP contribution in [0.5, 0.6) is 0 Å². The molecule has 0 N–H and O–H groups in total. The van der Waals surface area contributed by atoms with Crippen molar-refractivity contribution in [1.82, 2.24) is 14.1 Å². The van der Waals surface area contributed by atoms with E-state index in [0.29, 0.717) is 13.1 Å². The standard InChI is InChI=1S/C11H21N3O3S/c1-12(18(2,16)17)9-11(15)14-7-5-13(6-8-14)10-3-4-10/h10H,3-9H2,1-2H3. The second-order valence-corrected chi connectivity index (χ2v) is 7.26. The van der Waals surface area contributed by atoms with Crippen LogP contribution < -0.4 is 0 Å². The zero-order valence-electron chi connectivity index (χ0n) is 11.0. The smallest absolute Gasteiger partial charge is 0.237 e. The molecule has 1 saturated carbocycles. The molecule has 1 saturated heterocycles. The monoisotopic (exact) mass is 275 g/mol. The van der Waals surface area contributed by atoms with E-state index in [4.69, 9.17) is 0 Å². The van der Waals surface area contributed by atoms with E-state index >= 15 is 0 Å². The largest absolute Gasteiger partial charge is 0.339 e. The van der Waals surface area contributed by atoms with Gasteiger partial charge in [-0.3, -0.25) is 9.69 Å². The van der Waals surface area contributed by atoms with Gasteiger partial charge in [-0.1, -0.05) is 0 Å². The minimum absolute atomic E-state index is 0.0533. The molecule has 0 atom stereocenters. The van der Waals surface area contributed by atoms with E-state index in [-0.39, 0.29) is 12.5 Å². The molecular weight excluding hydrogens is 254 g/mol. The van der Waals surface area contributed by atoms with Gasteiger partial charge in [0.2, 0.25) is 15.9 Å². The third kappa shape index (κ3) is 3.43. The fourth-order valence-electron chi connectivity index (χ4n) is 2.18. The summed E-state index contributed by atoms with van der Waals surface area (Å²) in [6.07, 6.45) is 3.68. The van der Waals surface area contributed by atoms with Crippen molar-refractivity contribution in [2.45, 2.75) is 18.9 Å². The second-order valence-electron chi connectivity index (χ2n) is 5.17. The van der Waals surface area contributed by atoms with Gasteiger partial charge in [-0.15, -0.1) is 0 Å². The predicted molar refractivity (Wildman–Crippen MR) is 68.6 cm³/mol. The average Bonchev–Trinajstić information content (AvgIpc) is 3.11. The molecule has 1 aliphatic heterocycles. The fraction of sp³-hybridized carbons (Fsp3) is 0.909. The number of carbonyl (C=O) groups excluding carboxylic acids is 1. The number of carbonyl (C=O) groups is 1. The Kier molecular flexibility index (Phi) is 3.93. The summed E-state index contributed by atoms with van der Waals surface area (Å²) in [7, 11) is -1.84. The van der Waals surface area contributed by atoms with Gasteiger partial charge >= 0.3 is 0 Å². The van der Waals surface area contributed by atoms with E-state index in [1.54, 1.807) is 4.90 Å². The Hall–Kier alpha value is -0.660. The Morgan fingerprint density at radius 1 is 1.22 bits per heavy atom. The molecule has 6 nitrogen and oxygen atoms in total. The number of sulfonamides is 1. The van der Waals surface area contributed by atoms with Gasteiger partial charge in [-0.2, -0.15) is 4.31 Å². The Labute approximate surface area is 109 Å². The minimum atomic E-state index is -3.28. The van der Waals surface area contributed by atoms with Crippen LogP contribution in [0.2, 0.25) is 0 Å². The maximum atomic E-state index is 11.9. The van der Waals surface area contributed by atoms with Gasteiger partial charge in [-0.25, -0.2) is 8.42 Å². The SMILES string of the molecule is CN(CC(=O)N1CCN(C2CC2)CC1)S(C)(=O)=O. The van der Waals surface area contributed by atoms with Crippen molar-refractivity contribution in [3.8, 4) is 0 Å². The topological polar surface area (TPSA) is 60.9 Å². The normalized spacial score (nSPS) is 22.5. The lowest BCUT2D eigenvalue weighted by atomic mass is 10.3. The number of nitrogens with zero attached hydrogens (tertiary/aromatic N) is 3. The summed E-state index contributed by atoms with van der Waals surface area (Å²) >= 11 is 0. The first-order chi connectivity index (χ1) is 8.38. The first-order valence-electron chi connectivity index (χ1n) is 6.31. The Morgan fingerprint density at radius 2 is 1.78 bits per heavy atom. The van der Waals surface area contributed by atoms with Gasteiger partial charge in [-0.05, 0) is 12.8 Å². The average molecular weight is 275 g/mol. The second kappa shape index (κ2) is 5.14. The van der Waals surface area contributed by atoms with Gasteiger partial charge in [0.25, 0.3) is 0 Å². The highest BCUT2D eigenvalue weighted by Gasteiger charge is 2.32. The van der Waals surface area contributed by atoms with Crippen molar-refractivity contribution in [3.63, 3.8) is 0 Å². The molecule has 7 heteroatoms. The zero-order chi connectivity index (χ0) is 13.3. The molecule has 0 aromatic heterocycles. The number of hydrogen-bond acceptors (Lipinski definition) is 4. The quantitative estimate of drug-likeness (QED) is 0.673. The van der Waals surface area contributed by atoms with E-state index in [1.165, 1.54) is 19.9 Å². The van der Waals surface area contributed by atoms with Crippen molar-refractivity contribution in [2.24, 2.45) is 0 Å². The van der Waals surface area contributed by atoms with Crippen LogP contribution in [-0.2, 0) is 14.8 Å². The van der Waals surface area contributed by atoms with Crippen LogP contribution in [0.25, 0.3) is 0 Å². The summed E-state index contributed by atoms with van der Waals surface area (Å²) in [6.45, 7) is 3.21. The van der Waals surface area contributed by atoms with Gasteiger partial charge in [0.1, 0.15) is 0 Å². The highest BCUT2D eigenvalue weighted by molar-refractivity contribution is 7.88. The maximum Gasteiger partial charge on any atom is 0.237 e. The van der Waals surface area contributed by atoms with Crippen LogP contribution in [0.4, 0.5) is 0 Å². The van der Waals surface area contributed by atoms with Crippen LogP contribution in [0.3, 0.4) is 0 Å². The molecule has 2 aliphatic rings. The number of rotatable bonds is 4. The highest BCUT2D eigenvalue weighted by Crippen LogP contribution is 2.27. The molecule has 0 bridgehead atoms. The third-order valence-electron chi connectivity index (χ3n) is 3.65. The fourth-order valence-corrected chi connectivity index (χ4v) is 2.53. The van der Waals surface area contributed by atoms with Crippen LogP contribution >= 0.6 is 0 Å². The lowest BCUT2D eigenvalue weighted by Gasteiger charge is -2.35. The number of piperazine rings is 1. The van der Waals surface area contributed by atoms with Crippen molar-refractivity contribution in [2.75, 3.05) is 46.0 Å². The van der Waals surface area contributed by atoms with Crippen molar-refractivity contribution in [1.29, 1.82) is 0 Å². The van der Waals surface area contributed by atoms with Crippen LogP contribution in [0.1, 0.15) is 12.8 Å². The van der Waals surface area contributed by atoms with E-state index < -0.39 is 10.0 Å². The van der Waals surface area contributed by atoms with E-state index in [1.807, 2.05) is 0 Å². The van der Waals surface area contributed by atoms with Crippen LogP contribution in [0.15, 0.2) is 0 Å². The van der Waals surface area contributed by atoms with Crippen molar-refractivity contribution in [3.05, 3.63) is 0 Å². The number of likely N-dealkylation sites (N-methyl/N-ethyl adjacent to an activating group) is 1. The Balaban J connectivity index is 1.80. The van der Waals surface area contributed by atoms with Gasteiger partial charge in [0.15, 0.2) is 0 Å². The maximum absolute atomic E-state index is 11.9. The third-order valence-corrected chi connectivity index (χ3v) is 4.92. The molecule has 0 aromatic rings. The van der Waals surface area contributed by atoms with Crippen molar-refractivity contribution < 1.29 is 13.2 Å². The predicted octanol–water partition coefficient (Wildman–Crippen LogP) is -0.816. The minimum Gasteiger partial charge on any atom is -0.339 e. The molecular formula is C11H21N3O3S. The molecule has 1 amide bonds. The molecule has 0 aromatic carbocycles. The molecule has 0 radical (unpaired) electrons. The number of amides is 1. The Bertz CT molecular complexity index is 411. The summed E-state index contributed by atoms with van der Waals surface area (Å²) in [4.78, 5) is 16.1. The molecule has 2 fully saturated rings. The van der Waals surface area contributed by atoms with Crippen LogP contribution in [-0.4, -0.2) is 80.5 Å². The van der Waals surface area contributed by atoms with Gasteiger partial charge in [0, 0.05) is 39.3 Å². The molecule has 0 unspecified atom stereocenters. The molecule has 1 heterocycles. The molecule has 1 aliphatic carbocycles. The first kappa shape index (κ1) is 13.8. The van der Waals surface area contributed by atoms with Crippen LogP contribution in [0, 0.1) is 0 Å². The molecule has 104 valence electrons. The zero-order valence-corrected chi connectivity index (χ0v) is 11.8. The number of hydrogen-bond donors (Lipinski definition) is 0. The van der Waals surface area contributed by atoms with E-state index in [9.17, 15) is 13.2 Å². The van der Waals surface area contributed by atoms with E-state index in [0.717, 1.165) is 29.7 Å². The summed E-state index contributed by atoms with van der Waals surface area (Å²) in [5.74, 6) is -0.0987. The summed E-state index contributed by atoms with van der Waals surface area (Å²) in [5, 5.41) is 0. The molecule has 2 rings (SSSR count). The van der Waals surface area contributed by atoms with E-state index in [2.05, 4.69) is 4.90 Å². The lowest BCUT2D eigenvalue weighted by Crippen LogP contribution is -2.51. The first-order valence-corrected chi connectivity index (χ1v) is 8.16.